The minimum Gasteiger partial charge on any atom is -0.356 e. The number of rotatable bonds is 7. The normalized spacial score (nSPS) is 19.9. The number of amides is 2. The molecular weight excluding hydrogens is 332 g/mol. The largest absolute Gasteiger partial charge is 0.356 e. The second-order valence-electron chi connectivity index (χ2n) is 5.42. The molecule has 0 saturated heterocycles. The van der Waals surface area contributed by atoms with Crippen LogP contribution in [0, 0.1) is 11.8 Å². The lowest BCUT2D eigenvalue weighted by atomic mass is 10.2. The molecule has 0 aliphatic heterocycles. The Labute approximate surface area is 133 Å². The van der Waals surface area contributed by atoms with Gasteiger partial charge in [0.25, 0.3) is 0 Å². The van der Waals surface area contributed by atoms with Gasteiger partial charge < -0.3 is 10.6 Å². The van der Waals surface area contributed by atoms with Gasteiger partial charge in [0.15, 0.2) is 0 Å². The minimum atomic E-state index is -0.191. The van der Waals surface area contributed by atoms with Crippen molar-refractivity contribution in [3.63, 3.8) is 0 Å². The first kappa shape index (κ1) is 16.0. The van der Waals surface area contributed by atoms with Crippen LogP contribution in [0.15, 0.2) is 28.7 Å². The van der Waals surface area contributed by atoms with Gasteiger partial charge in [0, 0.05) is 11.0 Å². The Bertz CT molecular complexity index is 519. The summed E-state index contributed by atoms with van der Waals surface area (Å²) < 4.78 is 0.847. The molecule has 5 heteroatoms. The molecule has 1 aliphatic carbocycles. The van der Waals surface area contributed by atoms with Gasteiger partial charge in [0.2, 0.25) is 11.8 Å². The number of hydrogen-bond acceptors (Lipinski definition) is 2. The van der Waals surface area contributed by atoms with E-state index in [1.54, 1.807) is 0 Å². The van der Waals surface area contributed by atoms with Crippen molar-refractivity contribution in [1.29, 1.82) is 0 Å². The molecule has 2 amide bonds. The molecule has 2 rings (SSSR count). The van der Waals surface area contributed by atoms with Crippen molar-refractivity contribution in [2.24, 2.45) is 11.8 Å². The van der Waals surface area contributed by atoms with Crippen LogP contribution in [0.3, 0.4) is 0 Å². The fourth-order valence-corrected chi connectivity index (χ4v) is 2.66. The van der Waals surface area contributed by atoms with Gasteiger partial charge in [-0.3, -0.25) is 9.59 Å². The van der Waals surface area contributed by atoms with E-state index in [2.05, 4.69) is 33.5 Å². The third-order valence-corrected chi connectivity index (χ3v) is 4.37. The quantitative estimate of drug-likeness (QED) is 0.739. The summed E-state index contributed by atoms with van der Waals surface area (Å²) in [5, 5.41) is 5.78. The molecule has 1 fully saturated rings. The second-order valence-corrected chi connectivity index (χ2v) is 6.27. The molecule has 0 heterocycles. The number of unbranched alkanes of at least 4 members (excludes halogenated alkanes) is 2. The molecule has 2 unspecified atom stereocenters. The number of carbonyl (C=O) groups excluding carboxylic acids is 2. The monoisotopic (exact) mass is 352 g/mol. The molecule has 0 bridgehead atoms. The van der Waals surface area contributed by atoms with Crippen LogP contribution in [0.2, 0.25) is 0 Å². The lowest BCUT2D eigenvalue weighted by molar-refractivity contribution is -0.125. The van der Waals surface area contributed by atoms with Gasteiger partial charge in [-0.15, -0.1) is 0 Å². The molecule has 1 aromatic rings. The van der Waals surface area contributed by atoms with Crippen LogP contribution in [-0.2, 0) is 9.59 Å². The molecule has 0 spiro atoms. The second kappa shape index (κ2) is 7.59. The highest BCUT2D eigenvalue weighted by molar-refractivity contribution is 9.10. The zero-order chi connectivity index (χ0) is 15.2. The fraction of sp³-hybridized carbons (Fsp3) is 0.500. The lowest BCUT2D eigenvalue weighted by Crippen LogP contribution is -2.28. The summed E-state index contributed by atoms with van der Waals surface area (Å²) in [5.74, 6) is -0.411. The molecule has 1 aliphatic rings. The smallest absolute Gasteiger partial charge is 0.228 e. The van der Waals surface area contributed by atoms with E-state index in [1.807, 2.05) is 24.3 Å². The van der Waals surface area contributed by atoms with Gasteiger partial charge in [-0.25, -0.2) is 0 Å². The summed E-state index contributed by atoms with van der Waals surface area (Å²) in [6.45, 7) is 2.84. The first-order valence-corrected chi connectivity index (χ1v) is 8.26. The van der Waals surface area contributed by atoms with Crippen molar-refractivity contribution in [2.45, 2.75) is 32.6 Å². The fourth-order valence-electron chi connectivity index (χ4n) is 2.28. The van der Waals surface area contributed by atoms with Gasteiger partial charge in [-0.05, 0) is 40.9 Å². The predicted molar refractivity (Wildman–Crippen MR) is 86.9 cm³/mol. The molecule has 1 saturated carbocycles. The third kappa shape index (κ3) is 4.56. The van der Waals surface area contributed by atoms with Crippen molar-refractivity contribution >= 4 is 33.4 Å². The zero-order valence-electron chi connectivity index (χ0n) is 12.2. The first-order valence-electron chi connectivity index (χ1n) is 7.46. The van der Waals surface area contributed by atoms with Crippen molar-refractivity contribution in [3.8, 4) is 0 Å². The summed E-state index contributed by atoms with van der Waals surface area (Å²) in [4.78, 5) is 24.0. The number of hydrogen-bond donors (Lipinski definition) is 2. The number of benzene rings is 1. The highest BCUT2D eigenvalue weighted by Crippen LogP contribution is 2.39. The number of para-hydroxylation sites is 1. The van der Waals surface area contributed by atoms with Crippen LogP contribution < -0.4 is 10.6 Å². The van der Waals surface area contributed by atoms with Crippen molar-refractivity contribution in [3.05, 3.63) is 28.7 Å². The molecule has 2 atom stereocenters. The van der Waals surface area contributed by atoms with Gasteiger partial charge >= 0.3 is 0 Å². The van der Waals surface area contributed by atoms with Crippen LogP contribution in [-0.4, -0.2) is 18.4 Å². The van der Waals surface area contributed by atoms with Crippen LogP contribution >= 0.6 is 15.9 Å². The summed E-state index contributed by atoms with van der Waals surface area (Å²) in [6.07, 6.45) is 3.91. The molecule has 4 nitrogen and oxygen atoms in total. The third-order valence-electron chi connectivity index (χ3n) is 3.68. The van der Waals surface area contributed by atoms with Gasteiger partial charge in [-0.2, -0.15) is 0 Å². The van der Waals surface area contributed by atoms with Crippen molar-refractivity contribution < 1.29 is 9.59 Å². The minimum absolute atomic E-state index is 0.0124. The van der Waals surface area contributed by atoms with Gasteiger partial charge in [0.1, 0.15) is 0 Å². The van der Waals surface area contributed by atoms with E-state index in [9.17, 15) is 9.59 Å². The highest BCUT2D eigenvalue weighted by atomic mass is 79.9. The Morgan fingerprint density at radius 2 is 1.90 bits per heavy atom. The number of carbonyl (C=O) groups is 2. The van der Waals surface area contributed by atoms with E-state index in [4.69, 9.17) is 0 Å². The Hall–Kier alpha value is -1.36. The van der Waals surface area contributed by atoms with E-state index in [0.29, 0.717) is 13.0 Å². The predicted octanol–water partition coefficient (Wildman–Crippen LogP) is 3.33. The molecule has 2 N–H and O–H groups in total. The molecule has 0 radical (unpaired) electrons. The maximum Gasteiger partial charge on any atom is 0.228 e. The summed E-state index contributed by atoms with van der Waals surface area (Å²) in [7, 11) is 0. The van der Waals surface area contributed by atoms with Gasteiger partial charge in [-0.1, -0.05) is 31.9 Å². The average Bonchev–Trinajstić information content (AvgIpc) is 3.26. The van der Waals surface area contributed by atoms with Crippen LogP contribution in [0.25, 0.3) is 0 Å². The Kier molecular flexibility index (Phi) is 5.79. The number of halogens is 1. The Morgan fingerprint density at radius 1 is 1.19 bits per heavy atom. The first-order chi connectivity index (χ1) is 10.1. The topological polar surface area (TPSA) is 58.2 Å². The standard InChI is InChI=1S/C16H21BrN2O2/c1-2-3-6-9-18-15(20)11-10-12(11)16(21)19-14-8-5-4-7-13(14)17/h4-5,7-8,11-12H,2-3,6,9-10H2,1H3,(H,18,20)(H,19,21). The highest BCUT2D eigenvalue weighted by Gasteiger charge is 2.47. The Morgan fingerprint density at radius 3 is 2.62 bits per heavy atom. The van der Waals surface area contributed by atoms with Crippen molar-refractivity contribution in [1.82, 2.24) is 5.32 Å². The summed E-state index contributed by atoms with van der Waals surface area (Å²) in [6, 6.07) is 7.47. The molecule has 21 heavy (non-hydrogen) atoms. The molecule has 114 valence electrons. The SMILES string of the molecule is CCCCCNC(=O)C1CC1C(=O)Nc1ccccc1Br. The number of nitrogens with one attached hydrogen (secondary N) is 2. The van der Waals surface area contributed by atoms with E-state index < -0.39 is 0 Å². The average molecular weight is 353 g/mol. The lowest BCUT2D eigenvalue weighted by Gasteiger charge is -2.07. The number of anilines is 1. The maximum absolute atomic E-state index is 12.1. The van der Waals surface area contributed by atoms with Crippen LogP contribution in [0.4, 0.5) is 5.69 Å². The molecule has 0 aromatic heterocycles. The van der Waals surface area contributed by atoms with E-state index in [0.717, 1.165) is 29.4 Å². The zero-order valence-corrected chi connectivity index (χ0v) is 13.8. The maximum atomic E-state index is 12.1. The summed E-state index contributed by atoms with van der Waals surface area (Å²) >= 11 is 3.39. The Balaban J connectivity index is 1.76. The van der Waals surface area contributed by atoms with E-state index in [1.165, 1.54) is 0 Å². The van der Waals surface area contributed by atoms with Crippen molar-refractivity contribution in [2.75, 3.05) is 11.9 Å². The van der Waals surface area contributed by atoms with E-state index in [-0.39, 0.29) is 23.7 Å². The van der Waals surface area contributed by atoms with E-state index >= 15 is 0 Å². The molecule has 1 aromatic carbocycles. The molecular formula is C16H21BrN2O2. The van der Waals surface area contributed by atoms with Crippen LogP contribution in [0.1, 0.15) is 32.6 Å². The summed E-state index contributed by atoms with van der Waals surface area (Å²) in [5.41, 5.74) is 0.747. The van der Waals surface area contributed by atoms with Crippen LogP contribution in [0.5, 0.6) is 0 Å². The van der Waals surface area contributed by atoms with Gasteiger partial charge in [0.05, 0.1) is 17.5 Å².